The zero-order valence-electron chi connectivity index (χ0n) is 11.5. The number of aliphatic hydroxyl groups is 2. The third kappa shape index (κ3) is 5.12. The van der Waals surface area contributed by atoms with Gasteiger partial charge >= 0.3 is 0 Å². The Kier molecular flexibility index (Phi) is 5.11. The second-order valence-electron chi connectivity index (χ2n) is 5.01. The van der Waals surface area contributed by atoms with E-state index in [4.69, 9.17) is 5.11 Å². The average molecular weight is 261 g/mol. The Morgan fingerprint density at radius 2 is 2.11 bits per heavy atom. The van der Waals surface area contributed by atoms with E-state index in [0.717, 1.165) is 0 Å². The normalized spacial score (nSPS) is 10.6. The number of hydrogen-bond donors (Lipinski definition) is 2. The van der Waals surface area contributed by atoms with E-state index in [1.54, 1.807) is 45.2 Å². The van der Waals surface area contributed by atoms with Crippen LogP contribution in [0.25, 0.3) is 0 Å². The van der Waals surface area contributed by atoms with E-state index in [2.05, 4.69) is 11.8 Å². The third-order valence-electron chi connectivity index (χ3n) is 2.39. The molecule has 0 bridgehead atoms. The highest BCUT2D eigenvalue weighted by Crippen LogP contribution is 2.10. The van der Waals surface area contributed by atoms with E-state index < -0.39 is 5.60 Å². The first-order valence-electron chi connectivity index (χ1n) is 6.01. The first-order valence-corrected chi connectivity index (χ1v) is 6.01. The molecule has 102 valence electrons. The van der Waals surface area contributed by atoms with Crippen LogP contribution in [0.3, 0.4) is 0 Å². The maximum atomic E-state index is 12.2. The fourth-order valence-corrected chi connectivity index (χ4v) is 1.74. The van der Waals surface area contributed by atoms with Crippen LogP contribution in [0.2, 0.25) is 0 Å². The molecule has 1 amide bonds. The van der Waals surface area contributed by atoms with Gasteiger partial charge in [-0.25, -0.2) is 0 Å². The van der Waals surface area contributed by atoms with Crippen LogP contribution in [-0.4, -0.2) is 46.8 Å². The Morgan fingerprint density at radius 1 is 1.42 bits per heavy atom. The van der Waals surface area contributed by atoms with E-state index in [1.165, 1.54) is 4.90 Å². The number of likely N-dealkylation sites (N-methyl/N-ethyl adjacent to an activating group) is 1. The Bertz CT molecular complexity index is 506. The molecule has 4 heteroatoms. The van der Waals surface area contributed by atoms with Crippen molar-refractivity contribution >= 4 is 5.91 Å². The molecular weight excluding hydrogens is 242 g/mol. The number of nitrogens with zero attached hydrogens (tertiary/aromatic N) is 1. The van der Waals surface area contributed by atoms with E-state index in [0.29, 0.717) is 11.1 Å². The van der Waals surface area contributed by atoms with Crippen molar-refractivity contribution in [3.8, 4) is 11.8 Å². The van der Waals surface area contributed by atoms with Crippen LogP contribution in [0.5, 0.6) is 0 Å². The highest BCUT2D eigenvalue weighted by molar-refractivity contribution is 5.94. The number of carbonyl (C=O) groups excluding carboxylic acids is 1. The molecule has 0 atom stereocenters. The molecule has 0 fully saturated rings. The predicted octanol–water partition coefficient (Wildman–Crippen LogP) is 0.873. The quantitative estimate of drug-likeness (QED) is 0.794. The summed E-state index contributed by atoms with van der Waals surface area (Å²) in [5.41, 5.74) is 0.256. The summed E-state index contributed by atoms with van der Waals surface area (Å²) in [6.45, 7) is 3.34. The van der Waals surface area contributed by atoms with E-state index in [9.17, 15) is 9.90 Å². The average Bonchev–Trinajstić information content (AvgIpc) is 2.33. The number of aliphatic hydroxyl groups excluding tert-OH is 1. The van der Waals surface area contributed by atoms with E-state index in [1.807, 2.05) is 0 Å². The standard InChI is InChI=1S/C15H19NO3/c1-15(2,19)11-16(3)14(18)13-8-4-6-12(10-13)7-5-9-17/h4,6,8,10,17,19H,9,11H2,1-3H3. The van der Waals surface area contributed by atoms with Gasteiger partial charge < -0.3 is 15.1 Å². The lowest BCUT2D eigenvalue weighted by atomic mass is 10.1. The molecule has 19 heavy (non-hydrogen) atoms. The zero-order chi connectivity index (χ0) is 14.5. The van der Waals surface area contributed by atoms with Gasteiger partial charge in [-0.1, -0.05) is 17.9 Å². The fraction of sp³-hybridized carbons (Fsp3) is 0.400. The molecule has 0 radical (unpaired) electrons. The van der Waals surface area contributed by atoms with Crippen LogP contribution in [-0.2, 0) is 0 Å². The molecule has 0 saturated carbocycles. The van der Waals surface area contributed by atoms with Gasteiger partial charge in [-0.15, -0.1) is 0 Å². The molecule has 0 saturated heterocycles. The van der Waals surface area contributed by atoms with Gasteiger partial charge in [0.15, 0.2) is 0 Å². The van der Waals surface area contributed by atoms with Gasteiger partial charge in [0.2, 0.25) is 0 Å². The monoisotopic (exact) mass is 261 g/mol. The first-order chi connectivity index (χ1) is 8.83. The van der Waals surface area contributed by atoms with Crippen molar-refractivity contribution in [2.24, 2.45) is 0 Å². The molecule has 4 nitrogen and oxygen atoms in total. The lowest BCUT2D eigenvalue weighted by Gasteiger charge is -2.25. The minimum atomic E-state index is -0.932. The summed E-state index contributed by atoms with van der Waals surface area (Å²) in [5.74, 6) is 5.12. The summed E-state index contributed by atoms with van der Waals surface area (Å²) in [5, 5.41) is 18.4. The highest BCUT2D eigenvalue weighted by Gasteiger charge is 2.20. The van der Waals surface area contributed by atoms with Crippen molar-refractivity contribution < 1.29 is 15.0 Å². The van der Waals surface area contributed by atoms with Gasteiger partial charge in [0.25, 0.3) is 5.91 Å². The molecule has 0 aliphatic rings. The maximum absolute atomic E-state index is 12.2. The predicted molar refractivity (Wildman–Crippen MR) is 73.7 cm³/mol. The van der Waals surface area contributed by atoms with Crippen molar-refractivity contribution in [1.29, 1.82) is 0 Å². The second-order valence-corrected chi connectivity index (χ2v) is 5.01. The molecule has 0 aromatic heterocycles. The van der Waals surface area contributed by atoms with Gasteiger partial charge in [-0.05, 0) is 32.0 Å². The smallest absolute Gasteiger partial charge is 0.253 e. The van der Waals surface area contributed by atoms with Gasteiger partial charge in [-0.2, -0.15) is 0 Å². The van der Waals surface area contributed by atoms with Crippen molar-refractivity contribution in [3.05, 3.63) is 35.4 Å². The first kappa shape index (κ1) is 15.2. The lowest BCUT2D eigenvalue weighted by Crippen LogP contribution is -2.39. The third-order valence-corrected chi connectivity index (χ3v) is 2.39. The number of amides is 1. The molecule has 1 aromatic rings. The van der Waals surface area contributed by atoms with Crippen molar-refractivity contribution in [2.45, 2.75) is 19.4 Å². The number of carbonyl (C=O) groups is 1. The van der Waals surface area contributed by atoms with Crippen molar-refractivity contribution in [1.82, 2.24) is 4.90 Å². The van der Waals surface area contributed by atoms with Gasteiger partial charge in [0.1, 0.15) is 6.61 Å². The Morgan fingerprint density at radius 3 is 2.68 bits per heavy atom. The van der Waals surface area contributed by atoms with E-state index in [-0.39, 0.29) is 19.1 Å². The summed E-state index contributed by atoms with van der Waals surface area (Å²) in [6.07, 6.45) is 0. The van der Waals surface area contributed by atoms with Crippen molar-refractivity contribution in [3.63, 3.8) is 0 Å². The summed E-state index contributed by atoms with van der Waals surface area (Å²) < 4.78 is 0. The molecule has 1 aromatic carbocycles. The number of benzene rings is 1. The van der Waals surface area contributed by atoms with Gasteiger partial charge in [-0.3, -0.25) is 4.79 Å². The summed E-state index contributed by atoms with van der Waals surface area (Å²) in [7, 11) is 1.65. The maximum Gasteiger partial charge on any atom is 0.253 e. The molecule has 0 unspecified atom stereocenters. The fourth-order valence-electron chi connectivity index (χ4n) is 1.74. The second kappa shape index (κ2) is 6.37. The largest absolute Gasteiger partial charge is 0.389 e. The SMILES string of the molecule is CN(CC(C)(C)O)C(=O)c1cccc(C#CCO)c1. The Labute approximate surface area is 113 Å². The van der Waals surface area contributed by atoms with Gasteiger partial charge in [0, 0.05) is 24.7 Å². The van der Waals surface area contributed by atoms with Crippen LogP contribution in [0.15, 0.2) is 24.3 Å². The van der Waals surface area contributed by atoms with Crippen LogP contribution < -0.4 is 0 Å². The number of hydrogen-bond acceptors (Lipinski definition) is 3. The number of rotatable bonds is 3. The minimum absolute atomic E-state index is 0.172. The highest BCUT2D eigenvalue weighted by atomic mass is 16.3. The van der Waals surface area contributed by atoms with Crippen LogP contribution in [0.1, 0.15) is 29.8 Å². The zero-order valence-corrected chi connectivity index (χ0v) is 11.5. The summed E-state index contributed by atoms with van der Waals surface area (Å²) >= 11 is 0. The molecular formula is C15H19NO3. The Hall–Kier alpha value is -1.83. The topological polar surface area (TPSA) is 60.8 Å². The molecule has 1 rings (SSSR count). The Balaban J connectivity index is 2.88. The van der Waals surface area contributed by atoms with Crippen molar-refractivity contribution in [2.75, 3.05) is 20.2 Å². The van der Waals surface area contributed by atoms with Gasteiger partial charge in [0.05, 0.1) is 5.60 Å². The molecule has 0 spiro atoms. The lowest BCUT2D eigenvalue weighted by molar-refractivity contribution is 0.0368. The molecule has 2 N–H and O–H groups in total. The summed E-state index contributed by atoms with van der Waals surface area (Å²) in [6, 6.07) is 6.89. The van der Waals surface area contributed by atoms with Crippen LogP contribution in [0, 0.1) is 11.8 Å². The molecule has 0 heterocycles. The summed E-state index contributed by atoms with van der Waals surface area (Å²) in [4.78, 5) is 13.6. The molecule has 0 aliphatic heterocycles. The molecule has 0 aliphatic carbocycles. The van der Waals surface area contributed by atoms with Crippen LogP contribution >= 0.6 is 0 Å². The van der Waals surface area contributed by atoms with E-state index >= 15 is 0 Å². The minimum Gasteiger partial charge on any atom is -0.389 e. The van der Waals surface area contributed by atoms with Crippen LogP contribution in [0.4, 0.5) is 0 Å².